The lowest BCUT2D eigenvalue weighted by atomic mass is 10.1. The first-order chi connectivity index (χ1) is 46.7. The van der Waals surface area contributed by atoms with Crippen LogP contribution in [-0.2, 0) is 107 Å². The molecule has 0 saturated heterocycles. The van der Waals surface area contributed by atoms with Gasteiger partial charge >= 0.3 is 5.97 Å². The first-order valence-electron chi connectivity index (χ1n) is 35.7. The summed E-state index contributed by atoms with van der Waals surface area (Å²) >= 11 is 0. The number of fused-ring (bicyclic) bond motifs is 12. The van der Waals surface area contributed by atoms with E-state index in [4.69, 9.17) is 4.74 Å². The van der Waals surface area contributed by atoms with Crippen LogP contribution in [0, 0.1) is 34.6 Å². The second-order valence-electron chi connectivity index (χ2n) is 28.0. The highest BCUT2D eigenvalue weighted by Gasteiger charge is 2.26. The van der Waals surface area contributed by atoms with Crippen LogP contribution < -0.4 is 0 Å². The fraction of sp³-hybridized carbons (Fsp3) is 0.422. The first-order valence-corrected chi connectivity index (χ1v) is 35.7. The van der Waals surface area contributed by atoms with Crippen LogP contribution in [0.5, 0.6) is 0 Å². The van der Waals surface area contributed by atoms with Crippen molar-refractivity contribution in [2.45, 2.75) is 171 Å². The molecule has 13 heteroatoms. The molecule has 4 aliphatic heterocycles. The number of ether oxygens (including phenoxy) is 1. The Bertz CT molecular complexity index is 4290. The van der Waals surface area contributed by atoms with Crippen LogP contribution in [0.25, 0.3) is 43.6 Å². The van der Waals surface area contributed by atoms with E-state index in [1.165, 1.54) is 163 Å². The number of nitrogens with zero attached hydrogens (tertiary/aromatic N) is 11. The van der Waals surface area contributed by atoms with Gasteiger partial charge in [0.1, 0.15) is 0 Å². The number of benzene rings is 4. The van der Waals surface area contributed by atoms with E-state index >= 15 is 0 Å². The van der Waals surface area contributed by atoms with E-state index in [9.17, 15) is 4.79 Å². The molecule has 11 aromatic rings. The molecule has 0 radical (unpaired) electrons. The van der Waals surface area contributed by atoms with Crippen molar-refractivity contribution in [2.24, 2.45) is 0 Å². The van der Waals surface area contributed by atoms with Gasteiger partial charge in [-0.1, -0.05) is 58.7 Å². The number of hydrogen-bond acceptors (Lipinski definition) is 9. The largest absolute Gasteiger partial charge is 0.466 e. The molecule has 0 unspecified atom stereocenters. The fourth-order valence-electron chi connectivity index (χ4n) is 15.6. The van der Waals surface area contributed by atoms with Gasteiger partial charge in [0.15, 0.2) is 0 Å². The molecule has 0 spiro atoms. The van der Waals surface area contributed by atoms with Crippen LogP contribution in [0.3, 0.4) is 0 Å². The molecule has 0 bridgehead atoms. The van der Waals surface area contributed by atoms with Crippen molar-refractivity contribution < 1.29 is 9.53 Å². The van der Waals surface area contributed by atoms with Gasteiger partial charge in [0.2, 0.25) is 0 Å². The zero-order valence-corrected chi connectivity index (χ0v) is 59.2. The Kier molecular flexibility index (Phi) is 22.1. The molecule has 0 fully saturated rings. The Balaban J connectivity index is 0.000000122. The van der Waals surface area contributed by atoms with Gasteiger partial charge in [-0.3, -0.25) is 19.7 Å². The van der Waals surface area contributed by atoms with Crippen molar-refractivity contribution in [2.75, 3.05) is 61.0 Å². The Hall–Kier alpha value is -8.20. The third-order valence-corrected chi connectivity index (χ3v) is 20.4. The number of aryl methyl sites for hydroxylation is 12. The van der Waals surface area contributed by atoms with Gasteiger partial charge in [-0.15, -0.1) is 0 Å². The van der Waals surface area contributed by atoms with Gasteiger partial charge in [0.25, 0.3) is 0 Å². The standard InChI is InChI=1S/C22H27N3.2C21H25N3.C19H26N2O2/c1-16-6-9-22-19(13-16)20-15-24(3)11-4-5-21(20)25(22)12-10-18-8-7-17(2)23-14-18;1-16-5-6-21-18(14-16)19-15-23(2)12-3-4-20(19)24(21)13-9-17-7-10-22-11-8-17;1-16-8-9-21-18(14-16)19-15-23(2)12-5-7-20(19)24(21)13-10-17-6-3-4-11-22-17;1-4-23-19(22)9-11-21-17-6-5-10-20(3)13-16(17)15-12-14(2)7-8-18(15)21/h6-9,13-14H,4-5,10-12,15H2,1-3H3;5-8,10-11,14H,3-4,9,12-13,15H2,1-2H3;3-4,6,8-9,11,14H,5,7,10,12-13,15H2,1-2H3;7-8,12H,4-6,9-11,13H2,1-3H3. The topological polar surface area (TPSA) is 97.6 Å². The maximum Gasteiger partial charge on any atom is 0.307 e. The Morgan fingerprint density at radius 2 is 0.823 bits per heavy atom. The molecule has 11 heterocycles. The maximum atomic E-state index is 11.8. The summed E-state index contributed by atoms with van der Waals surface area (Å²) in [7, 11) is 8.91. The highest BCUT2D eigenvalue weighted by atomic mass is 16.5. The van der Waals surface area contributed by atoms with Crippen molar-refractivity contribution in [1.82, 2.24) is 52.8 Å². The van der Waals surface area contributed by atoms with Crippen LogP contribution in [0.2, 0.25) is 0 Å². The second kappa shape index (κ2) is 31.3. The molecule has 0 saturated carbocycles. The molecule has 0 aliphatic carbocycles. The van der Waals surface area contributed by atoms with Crippen LogP contribution in [0.1, 0.15) is 129 Å². The summed E-state index contributed by atoms with van der Waals surface area (Å²) in [5, 5.41) is 5.69. The average molecular weight is 1290 g/mol. The van der Waals surface area contributed by atoms with Crippen molar-refractivity contribution in [3.05, 3.63) is 230 Å². The molecule has 0 amide bonds. The van der Waals surface area contributed by atoms with Gasteiger partial charge in [0.05, 0.1) is 13.0 Å². The van der Waals surface area contributed by atoms with E-state index in [1.54, 1.807) is 22.5 Å². The smallest absolute Gasteiger partial charge is 0.307 e. The van der Waals surface area contributed by atoms with Gasteiger partial charge in [-0.25, -0.2) is 0 Å². The van der Waals surface area contributed by atoms with E-state index in [0.717, 1.165) is 90.2 Å². The van der Waals surface area contributed by atoms with Gasteiger partial charge in [-0.2, -0.15) is 0 Å². The Morgan fingerprint density at radius 1 is 0.427 bits per heavy atom. The molecule has 96 heavy (non-hydrogen) atoms. The normalized spacial score (nSPS) is 15.4. The summed E-state index contributed by atoms with van der Waals surface area (Å²) in [5.41, 5.74) is 27.8. The Labute approximate surface area is 570 Å². The SMILES string of the molecule is CCOC(=O)CCn1c2c(c3cc(C)ccc31)CN(C)CCC2.Cc1ccc2c(c1)c1c(n2CCc2ccc(C)nc2)CCCN(C)C1.Cc1ccc2c(c1)c1c(n2CCc2ccccn2)CCCN(C)C1.Cc1ccc2c(c1)c1c(n2CCc2ccncc2)CCCN(C)C1. The highest BCUT2D eigenvalue weighted by Crippen LogP contribution is 2.36. The summed E-state index contributed by atoms with van der Waals surface area (Å²) in [5.74, 6) is -0.110. The second-order valence-corrected chi connectivity index (χ2v) is 28.0. The monoisotopic (exact) mass is 1290 g/mol. The van der Waals surface area contributed by atoms with E-state index in [2.05, 4.69) is 218 Å². The Morgan fingerprint density at radius 3 is 1.20 bits per heavy atom. The molecule has 4 aromatic carbocycles. The summed E-state index contributed by atoms with van der Waals surface area (Å²) in [4.78, 5) is 34.6. The number of hydrogen-bond donors (Lipinski definition) is 0. The van der Waals surface area contributed by atoms with E-state index in [-0.39, 0.29) is 5.97 Å². The lowest BCUT2D eigenvalue weighted by Gasteiger charge is -2.12. The quantitative estimate of drug-likeness (QED) is 0.105. The van der Waals surface area contributed by atoms with Gasteiger partial charge < -0.3 is 42.6 Å². The first kappa shape index (κ1) is 67.8. The lowest BCUT2D eigenvalue weighted by Crippen LogP contribution is -2.17. The fourth-order valence-corrected chi connectivity index (χ4v) is 15.6. The molecule has 502 valence electrons. The van der Waals surface area contributed by atoms with Crippen molar-refractivity contribution in [3.8, 4) is 0 Å². The average Bonchev–Trinajstić information content (AvgIpc) is 1.64. The molecular weight excluding hydrogens is 1180 g/mol. The molecule has 0 N–H and O–H groups in total. The number of esters is 1. The van der Waals surface area contributed by atoms with E-state index in [1.807, 2.05) is 44.7 Å². The number of rotatable bonds is 13. The van der Waals surface area contributed by atoms with Gasteiger partial charge in [-0.05, 0) is 272 Å². The predicted octanol–water partition coefficient (Wildman–Crippen LogP) is 15.5. The predicted molar refractivity (Wildman–Crippen MR) is 395 cm³/mol. The lowest BCUT2D eigenvalue weighted by molar-refractivity contribution is -0.143. The molecule has 4 aliphatic rings. The number of carbonyl (C=O) groups excluding carboxylic acids is 1. The zero-order valence-electron chi connectivity index (χ0n) is 59.2. The van der Waals surface area contributed by atoms with Crippen molar-refractivity contribution in [3.63, 3.8) is 0 Å². The molecule has 13 nitrogen and oxygen atoms in total. The maximum absolute atomic E-state index is 11.8. The number of aromatic nitrogens is 7. The molecular formula is C83H103N11O2. The zero-order chi connectivity index (χ0) is 66.8. The molecule has 7 aromatic heterocycles. The van der Waals surface area contributed by atoms with Crippen LogP contribution in [0.4, 0.5) is 0 Å². The van der Waals surface area contributed by atoms with Crippen molar-refractivity contribution >= 4 is 49.6 Å². The van der Waals surface area contributed by atoms with Crippen LogP contribution in [-0.4, -0.2) is 120 Å². The van der Waals surface area contributed by atoms with Crippen LogP contribution in [0.15, 0.2) is 140 Å². The van der Waals surface area contributed by atoms with Crippen molar-refractivity contribution in [1.29, 1.82) is 0 Å². The summed E-state index contributed by atoms with van der Waals surface area (Å²) in [6.07, 6.45) is 20.7. The third-order valence-electron chi connectivity index (χ3n) is 20.4. The minimum atomic E-state index is -0.110. The number of pyridine rings is 3. The molecule has 15 rings (SSSR count). The molecule has 0 atom stereocenters. The summed E-state index contributed by atoms with van der Waals surface area (Å²) < 4.78 is 15.1. The van der Waals surface area contributed by atoms with E-state index < -0.39 is 0 Å². The van der Waals surface area contributed by atoms with Gasteiger partial charge in [0, 0.05) is 161 Å². The summed E-state index contributed by atoms with van der Waals surface area (Å²) in [6, 6.07) is 42.2. The van der Waals surface area contributed by atoms with Crippen LogP contribution >= 0.6 is 0 Å². The number of carbonyl (C=O) groups is 1. The third kappa shape index (κ3) is 15.9. The highest BCUT2D eigenvalue weighted by molar-refractivity contribution is 5.89. The minimum Gasteiger partial charge on any atom is -0.466 e. The van der Waals surface area contributed by atoms with E-state index in [0.29, 0.717) is 19.6 Å². The minimum absolute atomic E-state index is 0.110. The summed E-state index contributed by atoms with van der Waals surface area (Å²) in [6.45, 7) is 25.7.